The van der Waals surface area contributed by atoms with E-state index in [2.05, 4.69) is 67.3 Å². The molecular weight excluding hydrogens is 364 g/mol. The smallest absolute Gasteiger partial charge is 0.115 e. The second-order valence-corrected chi connectivity index (χ2v) is 9.29. The van der Waals surface area contributed by atoms with Crippen molar-refractivity contribution < 1.29 is 0 Å². The van der Waals surface area contributed by atoms with Gasteiger partial charge < -0.3 is 5.32 Å². The summed E-state index contributed by atoms with van der Waals surface area (Å²) in [5.74, 6) is 0. The molecule has 2 heterocycles. The van der Waals surface area contributed by atoms with Gasteiger partial charge in [0.15, 0.2) is 0 Å². The average molecular weight is 387 g/mol. The van der Waals surface area contributed by atoms with Gasteiger partial charge in [-0.15, -0.1) is 22.7 Å². The fraction of sp³-hybridized carbons (Fsp3) is 0.562. The van der Waals surface area contributed by atoms with Crippen molar-refractivity contribution in [3.05, 3.63) is 36.4 Å². The van der Waals surface area contributed by atoms with E-state index in [0.717, 1.165) is 13.0 Å². The number of hydrogen-bond donors (Lipinski definition) is 1. The molecule has 0 aliphatic carbocycles. The highest BCUT2D eigenvalue weighted by Crippen LogP contribution is 2.36. The van der Waals surface area contributed by atoms with Crippen LogP contribution in [0.1, 0.15) is 60.6 Å². The summed E-state index contributed by atoms with van der Waals surface area (Å²) in [7, 11) is 0. The van der Waals surface area contributed by atoms with Crippen LogP contribution in [-0.4, -0.2) is 11.5 Å². The molecule has 21 heavy (non-hydrogen) atoms. The average Bonchev–Trinajstić information content (AvgIpc) is 2.98. The van der Waals surface area contributed by atoms with E-state index in [1.54, 1.807) is 11.3 Å². The first-order chi connectivity index (χ1) is 9.82. The number of rotatable bonds is 5. The van der Waals surface area contributed by atoms with Crippen molar-refractivity contribution in [3.63, 3.8) is 0 Å². The number of halogens is 1. The van der Waals surface area contributed by atoms with Gasteiger partial charge in [-0.1, -0.05) is 27.7 Å². The molecule has 0 aromatic carbocycles. The van der Waals surface area contributed by atoms with Crippen LogP contribution >= 0.6 is 38.6 Å². The van der Waals surface area contributed by atoms with E-state index in [1.165, 1.54) is 24.9 Å². The molecule has 1 unspecified atom stereocenters. The molecular formula is C16H23BrN2S2. The lowest BCUT2D eigenvalue weighted by Crippen LogP contribution is -2.22. The summed E-state index contributed by atoms with van der Waals surface area (Å²) in [6.07, 6.45) is 1.12. The first-order valence-corrected chi connectivity index (χ1v) is 9.77. The van der Waals surface area contributed by atoms with Gasteiger partial charge in [-0.3, -0.25) is 0 Å². The highest BCUT2D eigenvalue weighted by Gasteiger charge is 2.23. The van der Waals surface area contributed by atoms with Crippen LogP contribution < -0.4 is 5.32 Å². The number of thiophene rings is 1. The molecule has 0 aliphatic heterocycles. The maximum Gasteiger partial charge on any atom is 0.115 e. The molecule has 0 bridgehead atoms. The lowest BCUT2D eigenvalue weighted by Gasteiger charge is -2.16. The largest absolute Gasteiger partial charge is 0.304 e. The van der Waals surface area contributed by atoms with Crippen molar-refractivity contribution in [1.29, 1.82) is 0 Å². The van der Waals surface area contributed by atoms with E-state index in [9.17, 15) is 0 Å². The minimum atomic E-state index is 0.107. The fourth-order valence-electron chi connectivity index (χ4n) is 1.99. The van der Waals surface area contributed by atoms with Gasteiger partial charge in [-0.05, 0) is 41.9 Å². The normalized spacial score (nSPS) is 13.6. The number of aryl methyl sites for hydroxylation is 1. The maximum absolute atomic E-state index is 4.90. The third-order valence-corrected chi connectivity index (χ3v) is 6.41. The molecule has 2 aromatic rings. The SMILES string of the molecule is CCCNC(c1cc(Br)c(C)s1)c1nc(C(C)(C)C)cs1. The Balaban J connectivity index is 2.33. The molecule has 0 aliphatic rings. The Morgan fingerprint density at radius 3 is 2.57 bits per heavy atom. The fourth-order valence-corrected chi connectivity index (χ4v) is 4.84. The molecule has 0 saturated heterocycles. The van der Waals surface area contributed by atoms with Gasteiger partial charge in [0.2, 0.25) is 0 Å². The summed E-state index contributed by atoms with van der Waals surface area (Å²) < 4.78 is 1.19. The Morgan fingerprint density at radius 2 is 2.10 bits per heavy atom. The summed E-state index contributed by atoms with van der Waals surface area (Å²) in [4.78, 5) is 7.55. The highest BCUT2D eigenvalue weighted by atomic mass is 79.9. The van der Waals surface area contributed by atoms with Crippen molar-refractivity contribution in [2.24, 2.45) is 0 Å². The minimum Gasteiger partial charge on any atom is -0.304 e. The van der Waals surface area contributed by atoms with E-state index in [-0.39, 0.29) is 11.5 Å². The van der Waals surface area contributed by atoms with E-state index < -0.39 is 0 Å². The third-order valence-electron chi connectivity index (χ3n) is 3.30. The van der Waals surface area contributed by atoms with E-state index >= 15 is 0 Å². The van der Waals surface area contributed by atoms with Crippen LogP contribution in [0.2, 0.25) is 0 Å². The van der Waals surface area contributed by atoms with Crippen LogP contribution in [-0.2, 0) is 5.41 Å². The summed E-state index contributed by atoms with van der Waals surface area (Å²) in [6.45, 7) is 12.0. The standard InChI is InChI=1S/C16H23BrN2S2/c1-6-7-18-14(12-8-11(17)10(2)21-12)15-19-13(9-20-15)16(3,4)5/h8-9,14,18H,6-7H2,1-5H3. The van der Waals surface area contributed by atoms with Crippen LogP contribution in [0.3, 0.4) is 0 Å². The zero-order chi connectivity index (χ0) is 15.6. The van der Waals surface area contributed by atoms with Crippen LogP contribution in [0.15, 0.2) is 15.9 Å². The first-order valence-electron chi connectivity index (χ1n) is 7.28. The molecule has 0 saturated carbocycles. The second kappa shape index (κ2) is 6.90. The van der Waals surface area contributed by atoms with E-state index in [1.807, 2.05) is 11.3 Å². The quantitative estimate of drug-likeness (QED) is 0.716. The van der Waals surface area contributed by atoms with E-state index in [4.69, 9.17) is 4.98 Å². The Morgan fingerprint density at radius 1 is 1.38 bits per heavy atom. The molecule has 0 amide bonds. The molecule has 116 valence electrons. The molecule has 0 fully saturated rings. The van der Waals surface area contributed by atoms with Crippen molar-refractivity contribution in [1.82, 2.24) is 10.3 Å². The predicted octanol–water partition coefficient (Wildman–Crippen LogP) is 5.66. The number of nitrogens with zero attached hydrogens (tertiary/aromatic N) is 1. The van der Waals surface area contributed by atoms with Gasteiger partial charge in [0.05, 0.1) is 11.7 Å². The van der Waals surface area contributed by atoms with Crippen molar-refractivity contribution in [2.75, 3.05) is 6.54 Å². The molecule has 2 nitrogen and oxygen atoms in total. The first kappa shape index (κ1) is 17.1. The lowest BCUT2D eigenvalue weighted by atomic mass is 9.93. The van der Waals surface area contributed by atoms with Gasteiger partial charge >= 0.3 is 0 Å². The summed E-state index contributed by atoms with van der Waals surface area (Å²) in [5, 5.41) is 7.01. The third kappa shape index (κ3) is 4.15. The summed E-state index contributed by atoms with van der Waals surface area (Å²) >= 11 is 7.23. The molecule has 0 spiro atoms. The zero-order valence-electron chi connectivity index (χ0n) is 13.3. The molecule has 2 aromatic heterocycles. The molecule has 5 heteroatoms. The number of thiazole rings is 1. The monoisotopic (exact) mass is 386 g/mol. The Kier molecular flexibility index (Phi) is 5.63. The van der Waals surface area contributed by atoms with Crippen LogP contribution in [0, 0.1) is 6.92 Å². The summed E-state index contributed by atoms with van der Waals surface area (Å²) in [6, 6.07) is 2.44. The van der Waals surface area contributed by atoms with E-state index in [0.29, 0.717) is 0 Å². The van der Waals surface area contributed by atoms with Crippen LogP contribution in [0.4, 0.5) is 0 Å². The molecule has 0 radical (unpaired) electrons. The number of hydrogen-bond acceptors (Lipinski definition) is 4. The van der Waals surface area contributed by atoms with Gasteiger partial charge in [-0.25, -0.2) is 4.98 Å². The number of nitrogens with one attached hydrogen (secondary N) is 1. The topological polar surface area (TPSA) is 24.9 Å². The highest BCUT2D eigenvalue weighted by molar-refractivity contribution is 9.10. The van der Waals surface area contributed by atoms with Gasteiger partial charge in [-0.2, -0.15) is 0 Å². The maximum atomic E-state index is 4.90. The minimum absolute atomic E-state index is 0.107. The Hall–Kier alpha value is -0.230. The molecule has 2 rings (SSSR count). The van der Waals surface area contributed by atoms with Crippen LogP contribution in [0.5, 0.6) is 0 Å². The predicted molar refractivity (Wildman–Crippen MR) is 97.7 cm³/mol. The van der Waals surface area contributed by atoms with Crippen molar-refractivity contribution >= 4 is 38.6 Å². The Bertz CT molecular complexity index is 576. The van der Waals surface area contributed by atoms with Crippen molar-refractivity contribution in [2.45, 2.75) is 52.5 Å². The Labute approximate surface area is 144 Å². The molecule has 1 atom stereocenters. The summed E-state index contributed by atoms with van der Waals surface area (Å²) in [5.41, 5.74) is 1.29. The lowest BCUT2D eigenvalue weighted by molar-refractivity contribution is 0.559. The van der Waals surface area contributed by atoms with Crippen LogP contribution in [0.25, 0.3) is 0 Å². The van der Waals surface area contributed by atoms with Gasteiger partial charge in [0, 0.05) is 25.0 Å². The number of aromatic nitrogens is 1. The molecule has 1 N–H and O–H groups in total. The second-order valence-electron chi connectivity index (χ2n) is 6.26. The zero-order valence-corrected chi connectivity index (χ0v) is 16.5. The van der Waals surface area contributed by atoms with Gasteiger partial charge in [0.1, 0.15) is 5.01 Å². The van der Waals surface area contributed by atoms with Gasteiger partial charge in [0.25, 0.3) is 0 Å². The van der Waals surface area contributed by atoms with Crippen molar-refractivity contribution in [3.8, 4) is 0 Å².